The van der Waals surface area contributed by atoms with Crippen molar-refractivity contribution in [1.82, 2.24) is 10.2 Å². The average molecular weight is 248 g/mol. The van der Waals surface area contributed by atoms with Crippen molar-refractivity contribution < 1.29 is 4.74 Å². The highest BCUT2D eigenvalue weighted by Crippen LogP contribution is 2.23. The van der Waals surface area contributed by atoms with E-state index in [4.69, 9.17) is 4.74 Å². The third-order valence-electron chi connectivity index (χ3n) is 3.80. The van der Waals surface area contributed by atoms with E-state index in [1.807, 2.05) is 0 Å². The van der Waals surface area contributed by atoms with Crippen LogP contribution in [0.1, 0.15) is 25.0 Å². The van der Waals surface area contributed by atoms with Crippen molar-refractivity contribution in [3.63, 3.8) is 0 Å². The maximum Gasteiger partial charge on any atom is 0.121 e. The lowest BCUT2D eigenvalue weighted by molar-refractivity contribution is 0.0827. The predicted molar refractivity (Wildman–Crippen MR) is 75.1 cm³/mol. The molecule has 1 heterocycles. The fraction of sp³-hybridized carbons (Fsp3) is 0.600. The first-order chi connectivity index (χ1) is 8.53. The van der Waals surface area contributed by atoms with Gasteiger partial charge < -0.3 is 10.1 Å². The molecule has 0 spiro atoms. The number of aryl methyl sites for hydroxylation is 1. The van der Waals surface area contributed by atoms with Crippen molar-refractivity contribution in [2.75, 3.05) is 26.7 Å². The van der Waals surface area contributed by atoms with E-state index in [1.54, 1.807) is 7.11 Å². The maximum atomic E-state index is 5.31. The van der Waals surface area contributed by atoms with Crippen molar-refractivity contribution in [2.45, 2.75) is 32.9 Å². The van der Waals surface area contributed by atoms with E-state index in [0.717, 1.165) is 31.9 Å². The zero-order chi connectivity index (χ0) is 13.2. The molecule has 0 aliphatic carbocycles. The second-order valence-electron chi connectivity index (χ2n) is 5.71. The first-order valence-corrected chi connectivity index (χ1v) is 6.62. The normalized spacial score (nSPS) is 19.8. The van der Waals surface area contributed by atoms with Gasteiger partial charge in [0.1, 0.15) is 5.75 Å². The zero-order valence-electron chi connectivity index (χ0n) is 11.9. The van der Waals surface area contributed by atoms with Gasteiger partial charge in [-0.25, -0.2) is 0 Å². The number of rotatable bonds is 3. The fourth-order valence-electron chi connectivity index (χ4n) is 2.58. The lowest BCUT2D eigenvalue weighted by Crippen LogP contribution is -2.57. The van der Waals surface area contributed by atoms with Crippen molar-refractivity contribution in [1.29, 1.82) is 0 Å². The number of piperazine rings is 1. The Bertz CT molecular complexity index is 415. The van der Waals surface area contributed by atoms with Gasteiger partial charge in [0, 0.05) is 31.7 Å². The topological polar surface area (TPSA) is 24.5 Å². The molecule has 100 valence electrons. The van der Waals surface area contributed by atoms with Crippen LogP contribution in [0.3, 0.4) is 0 Å². The smallest absolute Gasteiger partial charge is 0.121 e. The van der Waals surface area contributed by atoms with E-state index in [-0.39, 0.29) is 5.54 Å². The third kappa shape index (κ3) is 2.85. The van der Waals surface area contributed by atoms with Crippen LogP contribution >= 0.6 is 0 Å². The van der Waals surface area contributed by atoms with Crippen LogP contribution < -0.4 is 10.1 Å². The summed E-state index contributed by atoms with van der Waals surface area (Å²) in [6, 6.07) is 6.47. The monoisotopic (exact) mass is 248 g/mol. The third-order valence-corrected chi connectivity index (χ3v) is 3.80. The lowest BCUT2D eigenvalue weighted by Gasteiger charge is -2.43. The molecule has 1 aromatic rings. The molecule has 1 aliphatic rings. The largest absolute Gasteiger partial charge is 0.496 e. The van der Waals surface area contributed by atoms with Crippen LogP contribution in [-0.4, -0.2) is 37.2 Å². The first kappa shape index (κ1) is 13.4. The molecule has 0 atom stereocenters. The van der Waals surface area contributed by atoms with E-state index in [1.165, 1.54) is 11.1 Å². The Morgan fingerprint density at radius 2 is 2.17 bits per heavy atom. The van der Waals surface area contributed by atoms with Crippen LogP contribution in [0.5, 0.6) is 5.75 Å². The van der Waals surface area contributed by atoms with Crippen LogP contribution in [0.2, 0.25) is 0 Å². The summed E-state index contributed by atoms with van der Waals surface area (Å²) in [5.74, 6) is 0.971. The van der Waals surface area contributed by atoms with E-state index in [2.05, 4.69) is 49.2 Å². The van der Waals surface area contributed by atoms with E-state index in [0.29, 0.717) is 0 Å². The molecule has 1 saturated heterocycles. The van der Waals surface area contributed by atoms with Crippen molar-refractivity contribution in [2.24, 2.45) is 0 Å². The van der Waals surface area contributed by atoms with Crippen LogP contribution in [0.25, 0.3) is 0 Å². The molecule has 1 aromatic carbocycles. The highest BCUT2D eigenvalue weighted by atomic mass is 16.5. The van der Waals surface area contributed by atoms with Crippen LogP contribution in [0.4, 0.5) is 0 Å². The average Bonchev–Trinajstić information content (AvgIpc) is 2.32. The molecular formula is C15H24N2O. The minimum absolute atomic E-state index is 0.228. The second-order valence-corrected chi connectivity index (χ2v) is 5.71. The molecule has 0 saturated carbocycles. The highest BCUT2D eigenvalue weighted by molar-refractivity contribution is 5.36. The summed E-state index contributed by atoms with van der Waals surface area (Å²) >= 11 is 0. The standard InChI is InChI=1S/C15H24N2O/c1-12-9-13(5-6-14(12)18-4)10-17-8-7-16-11-15(17,2)3/h5-6,9,16H,7-8,10-11H2,1-4H3. The van der Waals surface area contributed by atoms with Crippen LogP contribution in [-0.2, 0) is 6.54 Å². The minimum atomic E-state index is 0.228. The molecule has 0 aromatic heterocycles. The van der Waals surface area contributed by atoms with Gasteiger partial charge in [-0.1, -0.05) is 12.1 Å². The SMILES string of the molecule is COc1ccc(CN2CCNCC2(C)C)cc1C. The van der Waals surface area contributed by atoms with E-state index < -0.39 is 0 Å². The number of nitrogens with zero attached hydrogens (tertiary/aromatic N) is 1. The Kier molecular flexibility index (Phi) is 3.93. The molecule has 3 nitrogen and oxygen atoms in total. The number of ether oxygens (including phenoxy) is 1. The molecule has 2 rings (SSSR count). The summed E-state index contributed by atoms with van der Waals surface area (Å²) < 4.78 is 5.31. The quantitative estimate of drug-likeness (QED) is 0.887. The van der Waals surface area contributed by atoms with Gasteiger partial charge in [-0.3, -0.25) is 4.90 Å². The van der Waals surface area contributed by atoms with Gasteiger partial charge in [0.25, 0.3) is 0 Å². The van der Waals surface area contributed by atoms with Gasteiger partial charge in [-0.15, -0.1) is 0 Å². The molecule has 1 aliphatic heterocycles. The minimum Gasteiger partial charge on any atom is -0.496 e. The highest BCUT2D eigenvalue weighted by Gasteiger charge is 2.29. The molecular weight excluding hydrogens is 224 g/mol. The fourth-order valence-corrected chi connectivity index (χ4v) is 2.58. The molecule has 0 radical (unpaired) electrons. The Balaban J connectivity index is 2.11. The number of hydrogen-bond donors (Lipinski definition) is 1. The Morgan fingerprint density at radius 3 is 2.78 bits per heavy atom. The van der Waals surface area contributed by atoms with Crippen LogP contribution in [0.15, 0.2) is 18.2 Å². The van der Waals surface area contributed by atoms with Gasteiger partial charge in [-0.2, -0.15) is 0 Å². The summed E-state index contributed by atoms with van der Waals surface area (Å²) in [4.78, 5) is 2.55. The molecule has 0 bridgehead atoms. The van der Waals surface area contributed by atoms with Gasteiger partial charge in [0.2, 0.25) is 0 Å². The molecule has 18 heavy (non-hydrogen) atoms. The summed E-state index contributed by atoms with van der Waals surface area (Å²) in [6.07, 6.45) is 0. The summed E-state index contributed by atoms with van der Waals surface area (Å²) in [5.41, 5.74) is 2.80. The molecule has 1 fully saturated rings. The molecule has 3 heteroatoms. The van der Waals surface area contributed by atoms with Gasteiger partial charge in [-0.05, 0) is 38.0 Å². The van der Waals surface area contributed by atoms with Crippen molar-refractivity contribution in [3.8, 4) is 5.75 Å². The number of benzene rings is 1. The van der Waals surface area contributed by atoms with Crippen molar-refractivity contribution >= 4 is 0 Å². The van der Waals surface area contributed by atoms with Gasteiger partial charge in [0.15, 0.2) is 0 Å². The zero-order valence-corrected chi connectivity index (χ0v) is 11.9. The molecule has 0 amide bonds. The first-order valence-electron chi connectivity index (χ1n) is 6.62. The number of nitrogens with one attached hydrogen (secondary N) is 1. The number of hydrogen-bond acceptors (Lipinski definition) is 3. The summed E-state index contributed by atoms with van der Waals surface area (Å²) in [6.45, 7) is 11.0. The molecule has 0 unspecified atom stereocenters. The van der Waals surface area contributed by atoms with E-state index >= 15 is 0 Å². The lowest BCUT2D eigenvalue weighted by atomic mass is 9.99. The number of methoxy groups -OCH3 is 1. The Labute approximate surface area is 110 Å². The van der Waals surface area contributed by atoms with Crippen LogP contribution in [0, 0.1) is 6.92 Å². The predicted octanol–water partition coefficient (Wildman–Crippen LogP) is 2.19. The van der Waals surface area contributed by atoms with Gasteiger partial charge >= 0.3 is 0 Å². The summed E-state index contributed by atoms with van der Waals surface area (Å²) in [7, 11) is 1.72. The summed E-state index contributed by atoms with van der Waals surface area (Å²) in [5, 5.41) is 3.46. The van der Waals surface area contributed by atoms with E-state index in [9.17, 15) is 0 Å². The van der Waals surface area contributed by atoms with Crippen molar-refractivity contribution in [3.05, 3.63) is 29.3 Å². The maximum absolute atomic E-state index is 5.31. The second kappa shape index (κ2) is 5.29. The van der Waals surface area contributed by atoms with Gasteiger partial charge in [0.05, 0.1) is 7.11 Å². The molecule has 1 N–H and O–H groups in total. The Hall–Kier alpha value is -1.06. The Morgan fingerprint density at radius 1 is 1.39 bits per heavy atom.